The number of piperazine rings is 1. The highest BCUT2D eigenvalue weighted by molar-refractivity contribution is 5.78. The first-order valence-electron chi connectivity index (χ1n) is 7.09. The number of likely N-dealkylation sites (tertiary alicyclic amines) is 1. The van der Waals surface area contributed by atoms with Crippen LogP contribution in [-0.4, -0.2) is 74.1 Å². The highest BCUT2D eigenvalue weighted by Gasteiger charge is 2.32. The quantitative estimate of drug-likeness (QED) is 0.684. The van der Waals surface area contributed by atoms with E-state index in [0.717, 1.165) is 45.8 Å². The second-order valence-electron chi connectivity index (χ2n) is 5.83. The average Bonchev–Trinajstić information content (AvgIpc) is 2.32. The summed E-state index contributed by atoms with van der Waals surface area (Å²) in [5.74, 6) is 0.696. The number of hydrogen-bond acceptors (Lipinski definition) is 4. The summed E-state index contributed by atoms with van der Waals surface area (Å²) in [5, 5.41) is 6.34. The van der Waals surface area contributed by atoms with Crippen LogP contribution in [0.3, 0.4) is 0 Å². The van der Waals surface area contributed by atoms with Crippen molar-refractivity contribution in [3.05, 3.63) is 0 Å². The molecule has 18 heavy (non-hydrogen) atoms. The third-order valence-corrected chi connectivity index (χ3v) is 3.68. The monoisotopic (exact) mass is 254 g/mol. The van der Waals surface area contributed by atoms with Crippen LogP contribution in [0.1, 0.15) is 13.8 Å². The minimum absolute atomic E-state index is 0.169. The Hall–Kier alpha value is -0.650. The maximum absolute atomic E-state index is 11.7. The lowest BCUT2D eigenvalue weighted by Gasteiger charge is -2.46. The summed E-state index contributed by atoms with van der Waals surface area (Å²) in [6.45, 7) is 12.2. The Bertz CT molecular complexity index is 270. The molecule has 2 fully saturated rings. The highest BCUT2D eigenvalue weighted by Crippen LogP contribution is 2.14. The first-order chi connectivity index (χ1) is 8.65. The van der Waals surface area contributed by atoms with E-state index in [4.69, 9.17) is 0 Å². The second kappa shape index (κ2) is 6.50. The van der Waals surface area contributed by atoms with E-state index in [1.54, 1.807) is 0 Å². The van der Waals surface area contributed by atoms with Gasteiger partial charge in [0.05, 0.1) is 6.54 Å². The van der Waals surface area contributed by atoms with Crippen molar-refractivity contribution < 1.29 is 4.79 Å². The minimum Gasteiger partial charge on any atom is -0.355 e. The average molecular weight is 254 g/mol. The fourth-order valence-corrected chi connectivity index (χ4v) is 2.53. The molecule has 0 saturated carbocycles. The van der Waals surface area contributed by atoms with Gasteiger partial charge in [-0.15, -0.1) is 0 Å². The van der Waals surface area contributed by atoms with E-state index in [0.29, 0.717) is 18.5 Å². The van der Waals surface area contributed by atoms with E-state index in [1.165, 1.54) is 0 Å². The fourth-order valence-electron chi connectivity index (χ4n) is 2.53. The van der Waals surface area contributed by atoms with Crippen molar-refractivity contribution in [1.82, 2.24) is 20.4 Å². The van der Waals surface area contributed by atoms with Crippen LogP contribution in [0.2, 0.25) is 0 Å². The molecule has 0 aromatic carbocycles. The van der Waals surface area contributed by atoms with E-state index in [9.17, 15) is 4.79 Å². The molecule has 0 atom stereocenters. The molecule has 5 heteroatoms. The minimum atomic E-state index is 0.169. The molecule has 5 nitrogen and oxygen atoms in total. The van der Waals surface area contributed by atoms with E-state index >= 15 is 0 Å². The van der Waals surface area contributed by atoms with E-state index < -0.39 is 0 Å². The first-order valence-corrected chi connectivity index (χ1v) is 7.09. The molecule has 0 bridgehead atoms. The Morgan fingerprint density at radius 2 is 2.00 bits per heavy atom. The normalized spacial score (nSPS) is 23.1. The third-order valence-electron chi connectivity index (χ3n) is 3.68. The molecular weight excluding hydrogens is 228 g/mol. The molecule has 0 aromatic rings. The van der Waals surface area contributed by atoms with Gasteiger partial charge < -0.3 is 10.6 Å². The Kier molecular flexibility index (Phi) is 4.97. The number of amides is 1. The van der Waals surface area contributed by atoms with Gasteiger partial charge in [0.25, 0.3) is 0 Å². The number of carbonyl (C=O) groups is 1. The fraction of sp³-hybridized carbons (Fsp3) is 0.923. The molecule has 0 aliphatic carbocycles. The third kappa shape index (κ3) is 3.93. The lowest BCUT2D eigenvalue weighted by Crippen LogP contribution is -2.63. The van der Waals surface area contributed by atoms with Crippen molar-refractivity contribution in [2.45, 2.75) is 19.9 Å². The van der Waals surface area contributed by atoms with Gasteiger partial charge in [0, 0.05) is 51.9 Å². The van der Waals surface area contributed by atoms with Crippen molar-refractivity contribution >= 4 is 5.91 Å². The highest BCUT2D eigenvalue weighted by atomic mass is 16.2. The predicted molar refractivity (Wildman–Crippen MR) is 72.5 cm³/mol. The van der Waals surface area contributed by atoms with Crippen molar-refractivity contribution in [3.8, 4) is 0 Å². The predicted octanol–water partition coefficient (Wildman–Crippen LogP) is -0.652. The van der Waals surface area contributed by atoms with Crippen molar-refractivity contribution in [2.24, 2.45) is 5.92 Å². The summed E-state index contributed by atoms with van der Waals surface area (Å²) in [5.41, 5.74) is 0. The van der Waals surface area contributed by atoms with Gasteiger partial charge in [-0.2, -0.15) is 0 Å². The Morgan fingerprint density at radius 1 is 1.33 bits per heavy atom. The Morgan fingerprint density at radius 3 is 2.61 bits per heavy atom. The molecule has 0 aromatic heterocycles. The Labute approximate surface area is 110 Å². The van der Waals surface area contributed by atoms with Gasteiger partial charge in [0.15, 0.2) is 0 Å². The van der Waals surface area contributed by atoms with Crippen molar-refractivity contribution in [3.63, 3.8) is 0 Å². The van der Waals surface area contributed by atoms with Crippen LogP contribution in [0.15, 0.2) is 0 Å². The molecule has 1 amide bonds. The molecule has 2 heterocycles. The van der Waals surface area contributed by atoms with Crippen LogP contribution in [0.5, 0.6) is 0 Å². The molecule has 0 radical (unpaired) electrons. The topological polar surface area (TPSA) is 47.6 Å². The molecule has 104 valence electrons. The number of rotatable bonds is 5. The first kappa shape index (κ1) is 13.8. The molecule has 0 spiro atoms. The number of nitrogens with zero attached hydrogens (tertiary/aromatic N) is 2. The molecule has 2 aliphatic heterocycles. The summed E-state index contributed by atoms with van der Waals surface area (Å²) >= 11 is 0. The number of carbonyl (C=O) groups excluding carboxylic acids is 1. The van der Waals surface area contributed by atoms with Crippen molar-refractivity contribution in [2.75, 3.05) is 52.4 Å². The molecule has 2 N–H and O–H groups in total. The molecule has 0 unspecified atom stereocenters. The lowest BCUT2D eigenvalue weighted by atomic mass is 10.1. The van der Waals surface area contributed by atoms with E-state index in [1.807, 2.05) is 0 Å². The maximum atomic E-state index is 11.7. The zero-order valence-electron chi connectivity index (χ0n) is 11.6. The smallest absolute Gasteiger partial charge is 0.234 e. The molecule has 2 aliphatic rings. The number of nitrogens with one attached hydrogen (secondary N) is 2. The zero-order chi connectivity index (χ0) is 13.0. The second-order valence-corrected chi connectivity index (χ2v) is 5.83. The van der Waals surface area contributed by atoms with Gasteiger partial charge in [0.1, 0.15) is 0 Å². The van der Waals surface area contributed by atoms with Gasteiger partial charge in [-0.25, -0.2) is 0 Å². The maximum Gasteiger partial charge on any atom is 0.234 e. The Balaban J connectivity index is 1.59. The van der Waals surface area contributed by atoms with Gasteiger partial charge in [0.2, 0.25) is 5.91 Å². The van der Waals surface area contributed by atoms with Gasteiger partial charge >= 0.3 is 0 Å². The summed E-state index contributed by atoms with van der Waals surface area (Å²) in [4.78, 5) is 16.4. The number of hydrogen-bond donors (Lipinski definition) is 2. The summed E-state index contributed by atoms with van der Waals surface area (Å²) in [6, 6.07) is 0.671. The van der Waals surface area contributed by atoms with E-state index in [2.05, 4.69) is 34.3 Å². The summed E-state index contributed by atoms with van der Waals surface area (Å²) < 4.78 is 0. The molecular formula is C13H26N4O. The van der Waals surface area contributed by atoms with Crippen LogP contribution < -0.4 is 10.6 Å². The molecule has 2 rings (SSSR count). The van der Waals surface area contributed by atoms with Crippen LogP contribution in [0.25, 0.3) is 0 Å². The SMILES string of the molecule is CC(C)CNC(=O)CN1CC(N2CCNCC2)C1. The van der Waals surface area contributed by atoms with Crippen LogP contribution in [0, 0.1) is 5.92 Å². The van der Waals surface area contributed by atoms with Gasteiger partial charge in [-0.3, -0.25) is 14.6 Å². The summed E-state index contributed by atoms with van der Waals surface area (Å²) in [7, 11) is 0. The van der Waals surface area contributed by atoms with Gasteiger partial charge in [-0.1, -0.05) is 13.8 Å². The van der Waals surface area contributed by atoms with Gasteiger partial charge in [-0.05, 0) is 5.92 Å². The lowest BCUT2D eigenvalue weighted by molar-refractivity contribution is -0.124. The van der Waals surface area contributed by atoms with Crippen LogP contribution >= 0.6 is 0 Å². The molecule has 2 saturated heterocycles. The van der Waals surface area contributed by atoms with E-state index in [-0.39, 0.29) is 5.91 Å². The summed E-state index contributed by atoms with van der Waals surface area (Å²) in [6.07, 6.45) is 0. The van der Waals surface area contributed by atoms with Crippen molar-refractivity contribution in [1.29, 1.82) is 0 Å². The standard InChI is InChI=1S/C13H26N4O/c1-11(2)7-15-13(18)10-16-8-12(9-16)17-5-3-14-4-6-17/h11-12,14H,3-10H2,1-2H3,(H,15,18). The largest absolute Gasteiger partial charge is 0.355 e. The zero-order valence-corrected chi connectivity index (χ0v) is 11.6. The van der Waals surface area contributed by atoms with Crippen LogP contribution in [0.4, 0.5) is 0 Å². The van der Waals surface area contributed by atoms with Crippen LogP contribution in [-0.2, 0) is 4.79 Å².